The van der Waals surface area contributed by atoms with Gasteiger partial charge < -0.3 is 10.2 Å². The predicted octanol–water partition coefficient (Wildman–Crippen LogP) is 4.52. The fourth-order valence-corrected chi connectivity index (χ4v) is 2.16. The van der Waals surface area contributed by atoms with Crippen LogP contribution in [0.1, 0.15) is 5.56 Å². The maximum Gasteiger partial charge on any atom is 0.124 e. The van der Waals surface area contributed by atoms with Crippen molar-refractivity contribution >= 4 is 11.9 Å². The van der Waals surface area contributed by atoms with Crippen molar-refractivity contribution in [1.29, 1.82) is 0 Å². The Bertz CT molecular complexity index is 793. The number of hydrogen-bond acceptors (Lipinski definition) is 3. The highest BCUT2D eigenvalue weighted by molar-refractivity contribution is 5.86. The van der Waals surface area contributed by atoms with Crippen LogP contribution in [0.4, 0.5) is 5.69 Å². The molecule has 0 saturated carbocycles. The highest BCUT2D eigenvalue weighted by atomic mass is 16.3. The first-order valence-electron chi connectivity index (χ1n) is 6.94. The zero-order chi connectivity index (χ0) is 15.4. The number of phenols is 2. The zero-order valence-corrected chi connectivity index (χ0v) is 11.8. The summed E-state index contributed by atoms with van der Waals surface area (Å²) in [5.41, 5.74) is 3.54. The van der Waals surface area contributed by atoms with Crippen molar-refractivity contribution in [1.82, 2.24) is 0 Å². The van der Waals surface area contributed by atoms with Crippen molar-refractivity contribution in [2.75, 3.05) is 0 Å². The summed E-state index contributed by atoms with van der Waals surface area (Å²) in [4.78, 5) is 4.32. The fraction of sp³-hybridized carbons (Fsp3) is 0. The maximum absolute atomic E-state index is 9.70. The average Bonchev–Trinajstić information content (AvgIpc) is 2.57. The topological polar surface area (TPSA) is 52.8 Å². The molecule has 0 fully saturated rings. The Morgan fingerprint density at radius 1 is 0.727 bits per heavy atom. The van der Waals surface area contributed by atoms with Crippen molar-refractivity contribution in [2.45, 2.75) is 0 Å². The van der Waals surface area contributed by atoms with Crippen LogP contribution in [0.5, 0.6) is 11.5 Å². The molecule has 22 heavy (non-hydrogen) atoms. The molecule has 0 heterocycles. The van der Waals surface area contributed by atoms with Gasteiger partial charge in [-0.05, 0) is 41.5 Å². The van der Waals surface area contributed by atoms with Crippen LogP contribution < -0.4 is 0 Å². The summed E-state index contributed by atoms with van der Waals surface area (Å²) < 4.78 is 0. The molecule has 0 aliphatic heterocycles. The monoisotopic (exact) mass is 289 g/mol. The Balaban J connectivity index is 1.82. The lowest BCUT2D eigenvalue weighted by atomic mass is 10.1. The summed E-state index contributed by atoms with van der Waals surface area (Å²) in [7, 11) is 0. The smallest absolute Gasteiger partial charge is 0.124 e. The lowest BCUT2D eigenvalue weighted by molar-refractivity contribution is 0.459. The largest absolute Gasteiger partial charge is 0.508 e. The lowest BCUT2D eigenvalue weighted by Crippen LogP contribution is -1.82. The van der Waals surface area contributed by atoms with Gasteiger partial charge in [-0.25, -0.2) is 0 Å². The van der Waals surface area contributed by atoms with Crippen LogP contribution >= 0.6 is 0 Å². The average molecular weight is 289 g/mol. The van der Waals surface area contributed by atoms with Gasteiger partial charge in [-0.3, -0.25) is 4.99 Å². The molecule has 0 amide bonds. The Morgan fingerprint density at radius 2 is 1.41 bits per heavy atom. The van der Waals surface area contributed by atoms with Gasteiger partial charge in [-0.1, -0.05) is 42.5 Å². The molecular weight excluding hydrogens is 274 g/mol. The molecule has 0 aliphatic carbocycles. The van der Waals surface area contributed by atoms with Crippen molar-refractivity contribution in [3.05, 3.63) is 78.4 Å². The molecular formula is C19H15NO2. The first kappa shape index (κ1) is 13.9. The van der Waals surface area contributed by atoms with E-state index in [0.717, 1.165) is 16.8 Å². The van der Waals surface area contributed by atoms with E-state index in [-0.39, 0.29) is 11.5 Å². The van der Waals surface area contributed by atoms with Crippen LogP contribution in [-0.2, 0) is 0 Å². The van der Waals surface area contributed by atoms with Gasteiger partial charge in [0.05, 0.1) is 5.69 Å². The second-order valence-electron chi connectivity index (χ2n) is 4.91. The molecule has 0 bridgehead atoms. The van der Waals surface area contributed by atoms with Crippen molar-refractivity contribution < 1.29 is 10.2 Å². The minimum atomic E-state index is 0.0856. The Kier molecular flexibility index (Phi) is 3.88. The fourth-order valence-electron chi connectivity index (χ4n) is 2.16. The number of benzene rings is 3. The summed E-state index contributed by atoms with van der Waals surface area (Å²) in [5.74, 6) is 0.182. The van der Waals surface area contributed by atoms with E-state index in [1.54, 1.807) is 0 Å². The minimum Gasteiger partial charge on any atom is -0.508 e. The Morgan fingerprint density at radius 3 is 2.14 bits per heavy atom. The van der Waals surface area contributed by atoms with Crippen molar-refractivity contribution in [3.8, 4) is 22.6 Å². The molecule has 3 nitrogen and oxygen atoms in total. The van der Waals surface area contributed by atoms with Crippen LogP contribution in [0.15, 0.2) is 77.8 Å². The zero-order valence-electron chi connectivity index (χ0n) is 11.8. The standard InChI is InChI=1S/C19H15NO2/c21-18-10-11-19(22)16(12-18)13-20-17-8-6-15(7-9-17)14-4-2-1-3-5-14/h1-13,21-22H. The van der Waals surface area contributed by atoms with Gasteiger partial charge in [-0.15, -0.1) is 0 Å². The van der Waals surface area contributed by atoms with E-state index in [1.165, 1.54) is 24.4 Å². The summed E-state index contributed by atoms with van der Waals surface area (Å²) >= 11 is 0. The second kappa shape index (κ2) is 6.14. The van der Waals surface area contributed by atoms with Crippen LogP contribution in [0.2, 0.25) is 0 Å². The molecule has 0 aliphatic rings. The van der Waals surface area contributed by atoms with E-state index in [9.17, 15) is 10.2 Å². The second-order valence-corrected chi connectivity index (χ2v) is 4.91. The molecule has 2 N–H and O–H groups in total. The molecule has 108 valence electrons. The normalized spacial score (nSPS) is 10.9. The SMILES string of the molecule is Oc1ccc(O)c(C=Nc2ccc(-c3ccccc3)cc2)c1. The third-order valence-corrected chi connectivity index (χ3v) is 3.34. The summed E-state index contributed by atoms with van der Waals surface area (Å²) in [6.07, 6.45) is 1.53. The third kappa shape index (κ3) is 3.15. The van der Waals surface area contributed by atoms with Gasteiger partial charge in [0.2, 0.25) is 0 Å². The number of phenolic OH excluding ortho intramolecular Hbond substituents is 2. The predicted molar refractivity (Wildman–Crippen MR) is 88.9 cm³/mol. The molecule has 3 heteroatoms. The number of aromatic hydroxyl groups is 2. The maximum atomic E-state index is 9.70. The highest BCUT2D eigenvalue weighted by Crippen LogP contribution is 2.24. The van der Waals surface area contributed by atoms with Crippen LogP contribution in [-0.4, -0.2) is 16.4 Å². The summed E-state index contributed by atoms with van der Waals surface area (Å²) in [6.45, 7) is 0. The van der Waals surface area contributed by atoms with Gasteiger partial charge >= 0.3 is 0 Å². The van der Waals surface area contributed by atoms with Gasteiger partial charge in [0, 0.05) is 11.8 Å². The molecule has 0 unspecified atom stereocenters. The van der Waals surface area contributed by atoms with E-state index in [2.05, 4.69) is 17.1 Å². The molecule has 3 aromatic carbocycles. The van der Waals surface area contributed by atoms with E-state index >= 15 is 0 Å². The van der Waals surface area contributed by atoms with E-state index < -0.39 is 0 Å². The summed E-state index contributed by atoms with van der Waals surface area (Å²) in [6, 6.07) is 22.3. The number of nitrogens with zero attached hydrogens (tertiary/aromatic N) is 1. The Hall–Kier alpha value is -3.07. The van der Waals surface area contributed by atoms with Crippen LogP contribution in [0.3, 0.4) is 0 Å². The number of aliphatic imine (C=N–C) groups is 1. The van der Waals surface area contributed by atoms with E-state index in [4.69, 9.17) is 0 Å². The van der Waals surface area contributed by atoms with E-state index in [1.807, 2.05) is 42.5 Å². The minimum absolute atomic E-state index is 0.0856. The van der Waals surface area contributed by atoms with Crippen LogP contribution in [0, 0.1) is 0 Å². The molecule has 0 saturated heterocycles. The number of rotatable bonds is 3. The lowest BCUT2D eigenvalue weighted by Gasteiger charge is -2.02. The van der Waals surface area contributed by atoms with Gasteiger partial charge in [0.15, 0.2) is 0 Å². The summed E-state index contributed by atoms with van der Waals surface area (Å²) in [5, 5.41) is 19.1. The molecule has 0 atom stereocenters. The molecule has 3 aromatic rings. The number of hydrogen-bond donors (Lipinski definition) is 2. The third-order valence-electron chi connectivity index (χ3n) is 3.34. The van der Waals surface area contributed by atoms with Gasteiger partial charge in [0.1, 0.15) is 11.5 Å². The quantitative estimate of drug-likeness (QED) is 0.550. The van der Waals surface area contributed by atoms with Crippen molar-refractivity contribution in [2.24, 2.45) is 4.99 Å². The van der Waals surface area contributed by atoms with Gasteiger partial charge in [0.25, 0.3) is 0 Å². The molecule has 0 radical (unpaired) electrons. The molecule has 3 rings (SSSR count). The molecule has 0 spiro atoms. The Labute approximate surface area is 128 Å². The first-order chi connectivity index (χ1) is 10.7. The van der Waals surface area contributed by atoms with Gasteiger partial charge in [-0.2, -0.15) is 0 Å². The highest BCUT2D eigenvalue weighted by Gasteiger charge is 2.00. The van der Waals surface area contributed by atoms with E-state index in [0.29, 0.717) is 5.56 Å². The van der Waals surface area contributed by atoms with Crippen LogP contribution in [0.25, 0.3) is 11.1 Å². The molecule has 0 aromatic heterocycles. The van der Waals surface area contributed by atoms with Crippen molar-refractivity contribution in [3.63, 3.8) is 0 Å². The first-order valence-corrected chi connectivity index (χ1v) is 6.94.